The van der Waals surface area contributed by atoms with Crippen molar-refractivity contribution in [3.63, 3.8) is 0 Å². The van der Waals surface area contributed by atoms with Crippen molar-refractivity contribution in [2.24, 2.45) is 0 Å². The molecule has 0 aliphatic carbocycles. The SMILES string of the molecule is C[C@H]1CN(C(C)(C)C)CCCN1S(=O)(=O)c1ccccc1[N+](=O)[O-]. The molecule has 0 aromatic heterocycles. The molecule has 1 aliphatic heterocycles. The van der Waals surface area contributed by atoms with Crippen LogP contribution < -0.4 is 0 Å². The van der Waals surface area contributed by atoms with Crippen molar-refractivity contribution in [2.45, 2.75) is 50.6 Å². The molecule has 1 heterocycles. The third-order valence-electron chi connectivity index (χ3n) is 4.38. The van der Waals surface area contributed by atoms with Crippen LogP contribution in [0, 0.1) is 10.1 Å². The van der Waals surface area contributed by atoms with E-state index in [1.165, 1.54) is 28.6 Å². The molecular weight excluding hydrogens is 330 g/mol. The zero-order chi connectivity index (χ0) is 18.1. The third kappa shape index (κ3) is 3.76. The van der Waals surface area contributed by atoms with E-state index in [0.29, 0.717) is 19.5 Å². The molecule has 0 radical (unpaired) electrons. The lowest BCUT2D eigenvalue weighted by atomic mass is 10.1. The summed E-state index contributed by atoms with van der Waals surface area (Å²) < 4.78 is 27.5. The molecule has 1 aromatic rings. The molecule has 7 nitrogen and oxygen atoms in total. The van der Waals surface area contributed by atoms with Crippen molar-refractivity contribution in [3.05, 3.63) is 34.4 Å². The highest BCUT2D eigenvalue weighted by atomic mass is 32.2. The topological polar surface area (TPSA) is 83.8 Å². The quantitative estimate of drug-likeness (QED) is 0.614. The number of nitro groups is 1. The van der Waals surface area contributed by atoms with Crippen molar-refractivity contribution in [3.8, 4) is 0 Å². The number of para-hydroxylation sites is 1. The third-order valence-corrected chi connectivity index (χ3v) is 6.44. The molecule has 1 aliphatic rings. The van der Waals surface area contributed by atoms with Gasteiger partial charge in [0, 0.05) is 30.7 Å². The van der Waals surface area contributed by atoms with Crippen molar-refractivity contribution in [1.82, 2.24) is 9.21 Å². The van der Waals surface area contributed by atoms with Crippen molar-refractivity contribution in [2.75, 3.05) is 19.6 Å². The van der Waals surface area contributed by atoms with Gasteiger partial charge in [-0.1, -0.05) is 12.1 Å². The minimum Gasteiger partial charge on any atom is -0.297 e. The summed E-state index contributed by atoms with van der Waals surface area (Å²) in [5, 5.41) is 11.2. The fraction of sp³-hybridized carbons (Fsp3) is 0.625. The van der Waals surface area contributed by atoms with Crippen LogP contribution in [0.3, 0.4) is 0 Å². The Bertz CT molecular complexity index is 712. The molecule has 24 heavy (non-hydrogen) atoms. The first-order valence-electron chi connectivity index (χ1n) is 8.05. The van der Waals surface area contributed by atoms with Crippen molar-refractivity contribution in [1.29, 1.82) is 0 Å². The molecule has 1 aromatic carbocycles. The van der Waals surface area contributed by atoms with Crippen LogP contribution in [-0.2, 0) is 10.0 Å². The maximum atomic E-state index is 13.0. The molecule has 0 bridgehead atoms. The second kappa shape index (κ2) is 6.78. The average molecular weight is 355 g/mol. The Morgan fingerprint density at radius 1 is 1.21 bits per heavy atom. The van der Waals surface area contributed by atoms with Gasteiger partial charge in [-0.05, 0) is 46.7 Å². The monoisotopic (exact) mass is 355 g/mol. The maximum Gasteiger partial charge on any atom is 0.289 e. The molecule has 0 amide bonds. The van der Waals surface area contributed by atoms with Gasteiger partial charge in [0.05, 0.1) is 4.92 Å². The van der Waals surface area contributed by atoms with Crippen LogP contribution in [0.5, 0.6) is 0 Å². The Balaban J connectivity index is 2.38. The Morgan fingerprint density at radius 2 is 1.83 bits per heavy atom. The molecule has 1 saturated heterocycles. The fourth-order valence-electron chi connectivity index (χ4n) is 3.06. The first-order valence-corrected chi connectivity index (χ1v) is 9.49. The largest absolute Gasteiger partial charge is 0.297 e. The van der Waals surface area contributed by atoms with E-state index < -0.39 is 14.9 Å². The van der Waals surface area contributed by atoms with Gasteiger partial charge >= 0.3 is 0 Å². The van der Waals surface area contributed by atoms with Crippen LogP contribution in [0.4, 0.5) is 5.69 Å². The van der Waals surface area contributed by atoms with E-state index in [0.717, 1.165) is 6.54 Å². The van der Waals surface area contributed by atoms with E-state index in [2.05, 4.69) is 25.7 Å². The van der Waals surface area contributed by atoms with Gasteiger partial charge in [-0.25, -0.2) is 8.42 Å². The average Bonchev–Trinajstić information content (AvgIpc) is 2.69. The van der Waals surface area contributed by atoms with E-state index >= 15 is 0 Å². The summed E-state index contributed by atoms with van der Waals surface area (Å²) in [5.74, 6) is 0. The Labute approximate surface area is 143 Å². The predicted octanol–water partition coefficient (Wildman–Crippen LogP) is 2.48. The van der Waals surface area contributed by atoms with Gasteiger partial charge in [-0.2, -0.15) is 4.31 Å². The Morgan fingerprint density at radius 3 is 2.42 bits per heavy atom. The van der Waals surface area contributed by atoms with Gasteiger partial charge < -0.3 is 0 Å². The molecule has 134 valence electrons. The number of benzene rings is 1. The summed E-state index contributed by atoms with van der Waals surface area (Å²) in [4.78, 5) is 12.6. The van der Waals surface area contributed by atoms with Crippen LogP contribution in [0.25, 0.3) is 0 Å². The molecule has 2 rings (SSSR count). The normalized spacial score (nSPS) is 21.4. The van der Waals surface area contributed by atoms with E-state index in [1.807, 2.05) is 6.92 Å². The number of nitrogens with zero attached hydrogens (tertiary/aromatic N) is 3. The van der Waals surface area contributed by atoms with Crippen molar-refractivity contribution < 1.29 is 13.3 Å². The highest BCUT2D eigenvalue weighted by molar-refractivity contribution is 7.89. The number of hydrogen-bond donors (Lipinski definition) is 0. The van der Waals surface area contributed by atoms with Gasteiger partial charge in [0.1, 0.15) is 0 Å². The van der Waals surface area contributed by atoms with Gasteiger partial charge in [0.25, 0.3) is 5.69 Å². The Kier molecular flexibility index (Phi) is 5.31. The van der Waals surface area contributed by atoms with Crippen molar-refractivity contribution >= 4 is 15.7 Å². The lowest BCUT2D eigenvalue weighted by molar-refractivity contribution is -0.387. The minimum atomic E-state index is -3.91. The Hall–Kier alpha value is -1.51. The van der Waals surface area contributed by atoms with Gasteiger partial charge in [0.2, 0.25) is 10.0 Å². The molecule has 0 spiro atoms. The van der Waals surface area contributed by atoms with Crippen LogP contribution in [0.2, 0.25) is 0 Å². The van der Waals surface area contributed by atoms with Gasteiger partial charge in [-0.15, -0.1) is 0 Å². The number of hydrogen-bond acceptors (Lipinski definition) is 5. The highest BCUT2D eigenvalue weighted by Crippen LogP contribution is 2.29. The standard InChI is InChI=1S/C16H25N3O4S/c1-13-12-17(16(2,3)4)10-7-11-18(13)24(22,23)15-9-6-5-8-14(15)19(20)21/h5-6,8-9,13H,7,10-12H2,1-4H3/t13-/m0/s1. The molecule has 1 atom stereocenters. The van der Waals surface area contributed by atoms with E-state index in [9.17, 15) is 18.5 Å². The smallest absolute Gasteiger partial charge is 0.289 e. The first-order chi connectivity index (χ1) is 11.0. The summed E-state index contributed by atoms with van der Waals surface area (Å²) in [6, 6.07) is 5.29. The predicted molar refractivity (Wildman–Crippen MR) is 92.4 cm³/mol. The summed E-state index contributed by atoms with van der Waals surface area (Å²) in [6.45, 7) is 9.93. The maximum absolute atomic E-state index is 13.0. The molecule has 0 saturated carbocycles. The number of sulfonamides is 1. The summed E-state index contributed by atoms with van der Waals surface area (Å²) >= 11 is 0. The number of rotatable bonds is 3. The van der Waals surface area contributed by atoms with Crippen LogP contribution >= 0.6 is 0 Å². The highest BCUT2D eigenvalue weighted by Gasteiger charge is 2.37. The van der Waals surface area contributed by atoms with Gasteiger partial charge in [0.15, 0.2) is 4.90 Å². The summed E-state index contributed by atoms with van der Waals surface area (Å²) in [6.07, 6.45) is 0.696. The van der Waals surface area contributed by atoms with Gasteiger partial charge in [-0.3, -0.25) is 15.0 Å². The lowest BCUT2D eigenvalue weighted by Gasteiger charge is -2.36. The lowest BCUT2D eigenvalue weighted by Crippen LogP contribution is -2.47. The van der Waals surface area contributed by atoms with E-state index in [1.54, 1.807) is 0 Å². The zero-order valence-electron chi connectivity index (χ0n) is 14.6. The summed E-state index contributed by atoms with van der Waals surface area (Å²) in [5.41, 5.74) is -0.422. The molecular formula is C16H25N3O4S. The van der Waals surface area contributed by atoms with Crippen LogP contribution in [0.15, 0.2) is 29.2 Å². The summed E-state index contributed by atoms with van der Waals surface area (Å²) in [7, 11) is -3.91. The number of nitro benzene ring substituents is 1. The first kappa shape index (κ1) is 18.8. The van der Waals surface area contributed by atoms with Crippen LogP contribution in [0.1, 0.15) is 34.1 Å². The molecule has 1 fully saturated rings. The fourth-order valence-corrected chi connectivity index (χ4v) is 4.88. The van der Waals surface area contributed by atoms with E-state index in [4.69, 9.17) is 0 Å². The second-order valence-electron chi connectivity index (χ2n) is 7.16. The molecule has 0 unspecified atom stereocenters. The molecule has 8 heteroatoms. The molecule has 0 N–H and O–H groups in total. The minimum absolute atomic E-state index is 0.0488. The zero-order valence-corrected chi connectivity index (χ0v) is 15.4. The van der Waals surface area contributed by atoms with Crippen LogP contribution in [-0.4, -0.2) is 53.8 Å². The second-order valence-corrected chi connectivity index (χ2v) is 9.02. The van der Waals surface area contributed by atoms with E-state index in [-0.39, 0.29) is 22.2 Å².